The molecule has 2 amide bonds. The molecular formula is C30H30F6N4O4. The second-order valence-electron chi connectivity index (χ2n) is 10.2. The SMILES string of the molecule is O=C(CC(c1ccc(F)cc1)c1ccc(F)cc1)Nc1cncc(F)c1CC[C@@H]1CN[C@H](CNC(=O)OCC(F)(F)F)CO1. The number of ether oxygens (including phenoxy) is 2. The number of alkyl carbamates (subject to hydrolysis) is 1. The van der Waals surface area contributed by atoms with Crippen LogP contribution in [-0.2, 0) is 20.7 Å². The summed E-state index contributed by atoms with van der Waals surface area (Å²) in [5.74, 6) is -2.51. The zero-order valence-electron chi connectivity index (χ0n) is 23.3. The third kappa shape index (κ3) is 9.95. The van der Waals surface area contributed by atoms with Crippen LogP contribution in [0.3, 0.4) is 0 Å². The van der Waals surface area contributed by atoms with Crippen molar-refractivity contribution in [3.8, 4) is 0 Å². The van der Waals surface area contributed by atoms with Crippen LogP contribution in [0.25, 0.3) is 0 Å². The van der Waals surface area contributed by atoms with Gasteiger partial charge in [-0.3, -0.25) is 9.78 Å². The van der Waals surface area contributed by atoms with Crippen molar-refractivity contribution < 1.29 is 45.4 Å². The summed E-state index contributed by atoms with van der Waals surface area (Å²) in [5.41, 5.74) is 1.67. The van der Waals surface area contributed by atoms with Crippen molar-refractivity contribution in [3.63, 3.8) is 0 Å². The van der Waals surface area contributed by atoms with E-state index in [1.54, 1.807) is 24.3 Å². The molecule has 3 aromatic rings. The fourth-order valence-electron chi connectivity index (χ4n) is 4.72. The Morgan fingerprint density at radius 1 is 1.00 bits per heavy atom. The fourth-order valence-corrected chi connectivity index (χ4v) is 4.72. The number of hydrogen-bond donors (Lipinski definition) is 3. The monoisotopic (exact) mass is 624 g/mol. The molecule has 44 heavy (non-hydrogen) atoms. The smallest absolute Gasteiger partial charge is 0.422 e. The largest absolute Gasteiger partial charge is 0.440 e. The number of anilines is 1. The van der Waals surface area contributed by atoms with Gasteiger partial charge in [0.25, 0.3) is 0 Å². The molecule has 3 N–H and O–H groups in total. The zero-order valence-corrected chi connectivity index (χ0v) is 23.3. The summed E-state index contributed by atoms with van der Waals surface area (Å²) >= 11 is 0. The summed E-state index contributed by atoms with van der Waals surface area (Å²) < 4.78 is 88.3. The van der Waals surface area contributed by atoms with E-state index < -0.39 is 48.2 Å². The first-order chi connectivity index (χ1) is 21.0. The zero-order chi connectivity index (χ0) is 31.7. The van der Waals surface area contributed by atoms with Crippen LogP contribution in [0.4, 0.5) is 36.8 Å². The minimum atomic E-state index is -4.62. The average molecular weight is 625 g/mol. The number of nitrogens with zero attached hydrogens (tertiary/aromatic N) is 1. The number of pyridine rings is 1. The number of rotatable bonds is 11. The van der Waals surface area contributed by atoms with Gasteiger partial charge in [0.15, 0.2) is 6.61 Å². The van der Waals surface area contributed by atoms with E-state index in [1.165, 1.54) is 30.5 Å². The first-order valence-electron chi connectivity index (χ1n) is 13.7. The van der Waals surface area contributed by atoms with Crippen LogP contribution in [0.1, 0.15) is 35.4 Å². The molecule has 0 spiro atoms. The fraction of sp³-hybridized carbons (Fsp3) is 0.367. The van der Waals surface area contributed by atoms with Crippen LogP contribution in [0.2, 0.25) is 0 Å². The van der Waals surface area contributed by atoms with Crippen LogP contribution in [0, 0.1) is 17.5 Å². The van der Waals surface area contributed by atoms with Crippen molar-refractivity contribution in [1.29, 1.82) is 0 Å². The molecule has 2 heterocycles. The topological polar surface area (TPSA) is 102 Å². The van der Waals surface area contributed by atoms with Crippen molar-refractivity contribution in [2.45, 2.75) is 43.5 Å². The first-order valence-corrected chi connectivity index (χ1v) is 13.7. The van der Waals surface area contributed by atoms with E-state index in [9.17, 15) is 35.9 Å². The van der Waals surface area contributed by atoms with Gasteiger partial charge in [0.2, 0.25) is 5.91 Å². The molecule has 1 aliphatic rings. The molecule has 0 aliphatic carbocycles. The number of amides is 2. The number of alkyl halides is 3. The van der Waals surface area contributed by atoms with Crippen LogP contribution in [0.15, 0.2) is 60.9 Å². The van der Waals surface area contributed by atoms with Gasteiger partial charge in [-0.25, -0.2) is 18.0 Å². The second-order valence-corrected chi connectivity index (χ2v) is 10.2. The summed E-state index contributed by atoms with van der Waals surface area (Å²) in [5, 5.41) is 8.07. The van der Waals surface area contributed by atoms with Gasteiger partial charge in [0, 0.05) is 37.0 Å². The van der Waals surface area contributed by atoms with Crippen LogP contribution in [-0.4, -0.2) is 61.6 Å². The van der Waals surface area contributed by atoms with E-state index in [0.717, 1.165) is 6.20 Å². The number of morpholine rings is 1. The molecule has 236 valence electrons. The van der Waals surface area contributed by atoms with Gasteiger partial charge in [-0.05, 0) is 48.2 Å². The first kappa shape index (κ1) is 32.7. The number of nitrogens with one attached hydrogen (secondary N) is 3. The number of carbonyl (C=O) groups is 2. The van der Waals surface area contributed by atoms with Gasteiger partial charge in [0.05, 0.1) is 30.8 Å². The Kier molecular flexibility index (Phi) is 11.2. The molecule has 14 heteroatoms. The minimum Gasteiger partial charge on any atom is -0.440 e. The third-order valence-corrected chi connectivity index (χ3v) is 6.96. The van der Waals surface area contributed by atoms with Gasteiger partial charge >= 0.3 is 12.3 Å². The van der Waals surface area contributed by atoms with Crippen molar-refractivity contribution in [1.82, 2.24) is 15.6 Å². The quantitative estimate of drug-likeness (QED) is 0.253. The molecule has 0 saturated carbocycles. The van der Waals surface area contributed by atoms with Crippen molar-refractivity contribution >= 4 is 17.7 Å². The molecule has 1 fully saturated rings. The molecule has 0 bridgehead atoms. The highest BCUT2D eigenvalue weighted by molar-refractivity contribution is 5.92. The molecule has 8 nitrogen and oxygen atoms in total. The van der Waals surface area contributed by atoms with Gasteiger partial charge < -0.3 is 25.4 Å². The Morgan fingerprint density at radius 3 is 2.20 bits per heavy atom. The maximum absolute atomic E-state index is 14.8. The lowest BCUT2D eigenvalue weighted by Gasteiger charge is -2.30. The Hall–Kier alpha value is -4.17. The molecule has 4 rings (SSSR count). The number of halogens is 6. The van der Waals surface area contributed by atoms with Gasteiger partial charge in [-0.1, -0.05) is 24.3 Å². The van der Waals surface area contributed by atoms with E-state index in [1.807, 2.05) is 0 Å². The highest BCUT2D eigenvalue weighted by atomic mass is 19.4. The van der Waals surface area contributed by atoms with Gasteiger partial charge in [-0.2, -0.15) is 13.2 Å². The summed E-state index contributed by atoms with van der Waals surface area (Å²) in [7, 11) is 0. The summed E-state index contributed by atoms with van der Waals surface area (Å²) in [6, 6.07) is 10.9. The molecule has 1 saturated heterocycles. The van der Waals surface area contributed by atoms with Gasteiger partial charge in [-0.15, -0.1) is 0 Å². The predicted molar refractivity (Wildman–Crippen MR) is 147 cm³/mol. The molecule has 1 aliphatic heterocycles. The Bertz CT molecular complexity index is 1350. The number of carbonyl (C=O) groups excluding carboxylic acids is 2. The maximum atomic E-state index is 14.8. The van der Waals surface area contributed by atoms with Crippen LogP contribution < -0.4 is 16.0 Å². The van der Waals surface area contributed by atoms with E-state index in [4.69, 9.17) is 4.74 Å². The molecular weight excluding hydrogens is 594 g/mol. The van der Waals surface area contributed by atoms with Gasteiger partial charge in [0.1, 0.15) is 17.5 Å². The normalized spacial score (nSPS) is 16.9. The molecule has 2 atom stereocenters. The van der Waals surface area contributed by atoms with Crippen molar-refractivity contribution in [2.24, 2.45) is 0 Å². The Morgan fingerprint density at radius 2 is 1.64 bits per heavy atom. The molecule has 1 aromatic heterocycles. The predicted octanol–water partition coefficient (Wildman–Crippen LogP) is 5.24. The lowest BCUT2D eigenvalue weighted by molar-refractivity contribution is -0.160. The highest BCUT2D eigenvalue weighted by Gasteiger charge is 2.30. The standard InChI is InChI=1S/C30H30F6N4O4/c31-20-5-1-18(2-6-20)25(19-3-7-21(32)8-4-19)11-28(41)40-27-15-37-14-26(33)24(27)10-9-23-13-38-22(16-43-23)12-39-29(42)44-17-30(34,35)36/h1-8,14-15,22-23,25,38H,9-13,16-17H2,(H,39,42)(H,40,41)/t22-,23-/m1/s1. The summed E-state index contributed by atoms with van der Waals surface area (Å²) in [6.45, 7) is -1.24. The highest BCUT2D eigenvalue weighted by Crippen LogP contribution is 2.30. The van der Waals surface area contributed by atoms with E-state index in [-0.39, 0.29) is 49.4 Å². The molecule has 2 aromatic carbocycles. The molecule has 0 radical (unpaired) electrons. The second kappa shape index (κ2) is 15.0. The molecule has 0 unspecified atom stereocenters. The lowest BCUT2D eigenvalue weighted by atomic mass is 9.88. The van der Waals surface area contributed by atoms with Crippen molar-refractivity contribution in [2.75, 3.05) is 31.6 Å². The van der Waals surface area contributed by atoms with E-state index in [2.05, 4.69) is 25.7 Å². The minimum absolute atomic E-state index is 0.0184. The summed E-state index contributed by atoms with van der Waals surface area (Å²) in [6.07, 6.45) is -3.35. The van der Waals surface area contributed by atoms with Crippen molar-refractivity contribution in [3.05, 3.63) is 95.1 Å². The van der Waals surface area contributed by atoms with Crippen LogP contribution >= 0.6 is 0 Å². The summed E-state index contributed by atoms with van der Waals surface area (Å²) in [4.78, 5) is 28.4. The average Bonchev–Trinajstić information content (AvgIpc) is 2.99. The van der Waals surface area contributed by atoms with E-state index >= 15 is 0 Å². The lowest BCUT2D eigenvalue weighted by Crippen LogP contribution is -2.51. The van der Waals surface area contributed by atoms with Crippen LogP contribution in [0.5, 0.6) is 0 Å². The Labute approximate surface area is 249 Å². The van der Waals surface area contributed by atoms with E-state index in [0.29, 0.717) is 24.1 Å². The third-order valence-electron chi connectivity index (χ3n) is 6.96. The Balaban J connectivity index is 1.32. The maximum Gasteiger partial charge on any atom is 0.422 e. The number of aromatic nitrogens is 1. The number of benzene rings is 2. The number of hydrogen-bond acceptors (Lipinski definition) is 6.